The first kappa shape index (κ1) is 21.3. The number of carbonyl (C=O) groups excluding carboxylic acids is 1. The number of rotatable bonds is 5. The minimum absolute atomic E-state index is 0.159. The Labute approximate surface area is 192 Å². The highest BCUT2D eigenvalue weighted by molar-refractivity contribution is 6.30. The fourth-order valence-electron chi connectivity index (χ4n) is 5.17. The molecular formula is C25H28ClFN4O. The smallest absolute Gasteiger partial charge is 0.270 e. The Bertz CT molecular complexity index is 1130. The zero-order chi connectivity index (χ0) is 22.3. The van der Waals surface area contributed by atoms with Gasteiger partial charge in [0.15, 0.2) is 0 Å². The number of nitrogens with zero attached hydrogens (tertiary/aromatic N) is 3. The van der Waals surface area contributed by atoms with Gasteiger partial charge in [-0.05, 0) is 67.3 Å². The van der Waals surface area contributed by atoms with E-state index in [2.05, 4.69) is 39.5 Å². The van der Waals surface area contributed by atoms with Gasteiger partial charge in [0.2, 0.25) is 0 Å². The number of aryl methyl sites for hydroxylation is 1. The van der Waals surface area contributed by atoms with Crippen LogP contribution in [0, 0.1) is 5.41 Å². The molecule has 0 bridgehead atoms. The maximum absolute atomic E-state index is 13.3. The van der Waals surface area contributed by atoms with Crippen molar-refractivity contribution in [2.75, 3.05) is 18.0 Å². The lowest BCUT2D eigenvalue weighted by atomic mass is 9.62. The Morgan fingerprint density at radius 1 is 1.19 bits per heavy atom. The first-order chi connectivity index (χ1) is 15.5. The second kappa shape index (κ2) is 8.39. The van der Waals surface area contributed by atoms with E-state index in [1.165, 1.54) is 5.69 Å². The van der Waals surface area contributed by atoms with Crippen LogP contribution in [0.4, 0.5) is 10.1 Å². The molecule has 3 aromatic rings. The Hall–Kier alpha value is -2.60. The molecule has 0 atom stereocenters. The van der Waals surface area contributed by atoms with Crippen LogP contribution < -0.4 is 10.2 Å². The molecular weight excluding hydrogens is 427 g/mol. The van der Waals surface area contributed by atoms with Crippen molar-refractivity contribution in [1.29, 1.82) is 0 Å². The zero-order valence-corrected chi connectivity index (χ0v) is 19.0. The molecule has 5 nitrogen and oxygen atoms in total. The molecule has 1 spiro atoms. The maximum atomic E-state index is 13.3. The Morgan fingerprint density at radius 2 is 1.91 bits per heavy atom. The Balaban J connectivity index is 1.22. The predicted molar refractivity (Wildman–Crippen MR) is 125 cm³/mol. The van der Waals surface area contributed by atoms with Gasteiger partial charge in [-0.25, -0.2) is 9.37 Å². The fraction of sp³-hybridized carbons (Fsp3) is 0.440. The standard InChI is InChI=1S/C25H28ClFN4O/c1-2-21-23(31-16-18(26)5-8-22(31)29-21)24(32)28-15-17-3-6-20(7-4-17)30-11-9-25(10-12-30)13-19(27)14-25/h3-8,16,19H,2,9-15H2,1H3,(H,28,32). The first-order valence-corrected chi connectivity index (χ1v) is 11.8. The number of hydrogen-bond acceptors (Lipinski definition) is 3. The van der Waals surface area contributed by atoms with Gasteiger partial charge in [-0.15, -0.1) is 0 Å². The van der Waals surface area contributed by atoms with Crippen molar-refractivity contribution in [3.8, 4) is 0 Å². The lowest BCUT2D eigenvalue weighted by Crippen LogP contribution is -2.48. The van der Waals surface area contributed by atoms with Gasteiger partial charge in [-0.1, -0.05) is 30.7 Å². The van der Waals surface area contributed by atoms with Crippen molar-refractivity contribution in [2.24, 2.45) is 5.41 Å². The van der Waals surface area contributed by atoms with Crippen LogP contribution in [0.1, 0.15) is 54.4 Å². The van der Waals surface area contributed by atoms with E-state index in [4.69, 9.17) is 11.6 Å². The van der Waals surface area contributed by atoms with Gasteiger partial charge in [0.1, 0.15) is 17.5 Å². The quantitative estimate of drug-likeness (QED) is 0.576. The summed E-state index contributed by atoms with van der Waals surface area (Å²) in [5, 5.41) is 3.59. The Kier molecular flexibility index (Phi) is 5.58. The number of anilines is 1. The summed E-state index contributed by atoms with van der Waals surface area (Å²) in [5.41, 5.74) is 4.51. The van der Waals surface area contributed by atoms with Gasteiger partial charge < -0.3 is 10.2 Å². The van der Waals surface area contributed by atoms with Crippen LogP contribution in [0.25, 0.3) is 5.65 Å². The van der Waals surface area contributed by atoms with E-state index in [1.807, 2.05) is 13.0 Å². The molecule has 7 heteroatoms. The number of aromatic nitrogens is 2. The van der Waals surface area contributed by atoms with Crippen LogP contribution in [-0.4, -0.2) is 34.6 Å². The van der Waals surface area contributed by atoms with E-state index in [0.717, 1.165) is 50.0 Å². The molecule has 2 aromatic heterocycles. The third-order valence-corrected chi connectivity index (χ3v) is 7.32. The zero-order valence-electron chi connectivity index (χ0n) is 18.3. The summed E-state index contributed by atoms with van der Waals surface area (Å²) in [4.78, 5) is 19.9. The molecule has 1 aliphatic carbocycles. The summed E-state index contributed by atoms with van der Waals surface area (Å²) in [5.74, 6) is -0.159. The van der Waals surface area contributed by atoms with Crippen LogP contribution >= 0.6 is 11.6 Å². The molecule has 0 radical (unpaired) electrons. The second-order valence-electron chi connectivity index (χ2n) is 9.18. The number of amides is 1. The molecule has 1 amide bonds. The average Bonchev–Trinajstić information content (AvgIpc) is 3.15. The van der Waals surface area contributed by atoms with Crippen molar-refractivity contribution in [3.63, 3.8) is 0 Å². The second-order valence-corrected chi connectivity index (χ2v) is 9.61. The summed E-state index contributed by atoms with van der Waals surface area (Å²) < 4.78 is 15.1. The molecule has 1 aromatic carbocycles. The van der Waals surface area contributed by atoms with Crippen molar-refractivity contribution in [2.45, 2.75) is 51.7 Å². The fourth-order valence-corrected chi connectivity index (χ4v) is 5.33. The number of piperidine rings is 1. The summed E-state index contributed by atoms with van der Waals surface area (Å²) in [7, 11) is 0. The van der Waals surface area contributed by atoms with Crippen molar-refractivity contribution >= 4 is 28.8 Å². The van der Waals surface area contributed by atoms with E-state index < -0.39 is 6.17 Å². The maximum Gasteiger partial charge on any atom is 0.270 e. The van der Waals surface area contributed by atoms with Crippen molar-refractivity contribution in [3.05, 3.63) is 64.6 Å². The van der Waals surface area contributed by atoms with Crippen LogP contribution in [-0.2, 0) is 13.0 Å². The van der Waals surface area contributed by atoms with E-state index in [-0.39, 0.29) is 11.3 Å². The van der Waals surface area contributed by atoms with Gasteiger partial charge in [-0.3, -0.25) is 9.20 Å². The summed E-state index contributed by atoms with van der Waals surface area (Å²) >= 11 is 6.13. The topological polar surface area (TPSA) is 49.6 Å². The minimum atomic E-state index is -0.581. The van der Waals surface area contributed by atoms with Gasteiger partial charge in [0.25, 0.3) is 5.91 Å². The normalized spacial score (nSPS) is 18.2. The highest BCUT2D eigenvalue weighted by Crippen LogP contribution is 2.50. The Morgan fingerprint density at radius 3 is 2.56 bits per heavy atom. The molecule has 2 fully saturated rings. The third-order valence-electron chi connectivity index (χ3n) is 7.09. The summed E-state index contributed by atoms with van der Waals surface area (Å²) in [6.07, 6.45) is 5.47. The van der Waals surface area contributed by atoms with E-state index in [0.29, 0.717) is 29.3 Å². The first-order valence-electron chi connectivity index (χ1n) is 11.4. The molecule has 1 saturated heterocycles. The molecule has 2 aliphatic rings. The molecule has 1 saturated carbocycles. The summed E-state index contributed by atoms with van der Waals surface area (Å²) in [6, 6.07) is 12.0. The van der Waals surface area contributed by atoms with Crippen LogP contribution in [0.2, 0.25) is 5.02 Å². The third kappa shape index (κ3) is 3.96. The van der Waals surface area contributed by atoms with Gasteiger partial charge in [-0.2, -0.15) is 0 Å². The average molecular weight is 455 g/mol. The number of alkyl halides is 1. The van der Waals surface area contributed by atoms with Crippen LogP contribution in [0.15, 0.2) is 42.6 Å². The molecule has 168 valence electrons. The molecule has 0 unspecified atom stereocenters. The van der Waals surface area contributed by atoms with E-state index in [9.17, 15) is 9.18 Å². The highest BCUT2D eigenvalue weighted by Gasteiger charge is 2.46. The number of imidazole rings is 1. The molecule has 3 heterocycles. The SMILES string of the molecule is CCc1nc2ccc(Cl)cn2c1C(=O)NCc1ccc(N2CCC3(CC2)CC(F)C3)cc1. The molecule has 5 rings (SSSR count). The highest BCUT2D eigenvalue weighted by atomic mass is 35.5. The van der Waals surface area contributed by atoms with E-state index in [1.54, 1.807) is 16.7 Å². The monoisotopic (exact) mass is 454 g/mol. The number of nitrogens with one attached hydrogen (secondary N) is 1. The van der Waals surface area contributed by atoms with Crippen LogP contribution in [0.5, 0.6) is 0 Å². The molecule has 32 heavy (non-hydrogen) atoms. The van der Waals surface area contributed by atoms with Crippen LogP contribution in [0.3, 0.4) is 0 Å². The van der Waals surface area contributed by atoms with Gasteiger partial charge in [0.05, 0.1) is 10.7 Å². The number of benzene rings is 1. The van der Waals surface area contributed by atoms with Crippen molar-refractivity contribution in [1.82, 2.24) is 14.7 Å². The number of pyridine rings is 1. The lowest BCUT2D eigenvalue weighted by molar-refractivity contribution is 0.00452. The molecule has 1 aliphatic heterocycles. The number of fused-ring (bicyclic) bond motifs is 1. The van der Waals surface area contributed by atoms with E-state index >= 15 is 0 Å². The number of carbonyl (C=O) groups is 1. The van der Waals surface area contributed by atoms with Crippen molar-refractivity contribution < 1.29 is 9.18 Å². The lowest BCUT2D eigenvalue weighted by Gasteiger charge is -2.50. The minimum Gasteiger partial charge on any atom is -0.371 e. The number of hydrogen-bond donors (Lipinski definition) is 1. The summed E-state index contributed by atoms with van der Waals surface area (Å²) in [6.45, 7) is 4.40. The molecule has 1 N–H and O–H groups in total. The number of halogens is 2. The van der Waals surface area contributed by atoms with Gasteiger partial charge >= 0.3 is 0 Å². The largest absolute Gasteiger partial charge is 0.371 e. The predicted octanol–water partition coefficient (Wildman–Crippen LogP) is 5.20. The van der Waals surface area contributed by atoms with Gasteiger partial charge in [0, 0.05) is 31.5 Å².